The summed E-state index contributed by atoms with van der Waals surface area (Å²) >= 11 is 0. The van der Waals surface area contributed by atoms with Gasteiger partial charge in [-0.3, -0.25) is 10.1 Å². The summed E-state index contributed by atoms with van der Waals surface area (Å²) in [4.78, 5) is 13.9. The number of unbranched alkanes of at least 4 members (excludes halogenated alkanes) is 1. The topological polar surface area (TPSA) is 41.6 Å². The number of nitrogens with one attached hydrogen (secondary N) is 1. The number of nitrogens with zero attached hydrogens (tertiary/aromatic N) is 1. The Kier molecular flexibility index (Phi) is 6.21. The van der Waals surface area contributed by atoms with E-state index in [1.165, 1.54) is 5.56 Å². The largest absolute Gasteiger partial charge is 0.381 e. The molecule has 4 nitrogen and oxygen atoms in total. The molecule has 1 aromatic rings. The molecule has 1 aromatic carbocycles. The maximum atomic E-state index is 12.0. The van der Waals surface area contributed by atoms with Crippen LogP contribution in [-0.2, 0) is 9.53 Å². The van der Waals surface area contributed by atoms with Gasteiger partial charge in [0.05, 0.1) is 6.54 Å². The van der Waals surface area contributed by atoms with Crippen molar-refractivity contribution in [2.24, 2.45) is 0 Å². The monoisotopic (exact) mass is 290 g/mol. The van der Waals surface area contributed by atoms with Gasteiger partial charge in [0.1, 0.15) is 6.17 Å². The molecule has 0 aliphatic carbocycles. The van der Waals surface area contributed by atoms with E-state index in [0.29, 0.717) is 6.54 Å². The average molecular weight is 290 g/mol. The molecule has 1 amide bonds. The summed E-state index contributed by atoms with van der Waals surface area (Å²) in [6.07, 6.45) is 3.16. The number of ether oxygens (including phenoxy) is 1. The van der Waals surface area contributed by atoms with E-state index in [1.807, 2.05) is 4.90 Å². The van der Waals surface area contributed by atoms with Gasteiger partial charge >= 0.3 is 0 Å². The average Bonchev–Trinajstić information content (AvgIpc) is 2.85. The summed E-state index contributed by atoms with van der Waals surface area (Å²) in [6.45, 7) is 6.95. The molecule has 1 atom stereocenters. The van der Waals surface area contributed by atoms with Crippen LogP contribution < -0.4 is 5.32 Å². The molecule has 0 saturated carbocycles. The van der Waals surface area contributed by atoms with Crippen LogP contribution in [0.5, 0.6) is 0 Å². The fourth-order valence-corrected chi connectivity index (χ4v) is 2.53. The van der Waals surface area contributed by atoms with Crippen molar-refractivity contribution in [2.45, 2.75) is 39.3 Å². The van der Waals surface area contributed by atoms with Crippen LogP contribution in [0, 0.1) is 6.92 Å². The Balaban J connectivity index is 1.84. The zero-order chi connectivity index (χ0) is 15.1. The van der Waals surface area contributed by atoms with Crippen LogP contribution in [-0.4, -0.2) is 37.1 Å². The highest BCUT2D eigenvalue weighted by molar-refractivity contribution is 5.80. The lowest BCUT2D eigenvalue weighted by atomic mass is 10.1. The van der Waals surface area contributed by atoms with Crippen LogP contribution in [0.1, 0.15) is 43.5 Å². The minimum atomic E-state index is 0.00809. The number of hydrogen-bond acceptors (Lipinski definition) is 3. The van der Waals surface area contributed by atoms with Crippen molar-refractivity contribution < 1.29 is 9.53 Å². The summed E-state index contributed by atoms with van der Waals surface area (Å²) in [5.41, 5.74) is 2.39. The van der Waals surface area contributed by atoms with Gasteiger partial charge in [0, 0.05) is 19.8 Å². The minimum Gasteiger partial charge on any atom is -0.381 e. The number of carbonyl (C=O) groups excluding carboxylic acids is 1. The van der Waals surface area contributed by atoms with E-state index in [4.69, 9.17) is 4.74 Å². The van der Waals surface area contributed by atoms with Gasteiger partial charge in [-0.05, 0) is 25.3 Å². The van der Waals surface area contributed by atoms with Crippen molar-refractivity contribution in [3.63, 3.8) is 0 Å². The normalized spacial score (nSPS) is 18.5. The third kappa shape index (κ3) is 4.55. The maximum absolute atomic E-state index is 12.0. The highest BCUT2D eigenvalue weighted by Gasteiger charge is 2.30. The lowest BCUT2D eigenvalue weighted by molar-refractivity contribution is -0.128. The van der Waals surface area contributed by atoms with Crippen LogP contribution in [0.3, 0.4) is 0 Å². The van der Waals surface area contributed by atoms with E-state index in [2.05, 4.69) is 43.4 Å². The Morgan fingerprint density at radius 1 is 1.24 bits per heavy atom. The second-order valence-electron chi connectivity index (χ2n) is 5.60. The molecule has 0 radical (unpaired) electrons. The van der Waals surface area contributed by atoms with Gasteiger partial charge in [-0.1, -0.05) is 43.2 Å². The van der Waals surface area contributed by atoms with Crippen molar-refractivity contribution in [1.29, 1.82) is 0 Å². The lowest BCUT2D eigenvalue weighted by Crippen LogP contribution is -2.31. The standard InChI is InChI=1S/C17H26N2O2/c1-3-4-11-21-12-5-10-19-16(20)13-18-17(19)15-8-6-14(2)7-9-15/h6-9,17-18H,3-5,10-13H2,1-2H3. The first kappa shape index (κ1) is 16.0. The second kappa shape index (κ2) is 8.15. The highest BCUT2D eigenvalue weighted by atomic mass is 16.5. The molecule has 1 aliphatic heterocycles. The third-order valence-corrected chi connectivity index (χ3v) is 3.80. The van der Waals surface area contributed by atoms with E-state index in [1.54, 1.807) is 0 Å². The van der Waals surface area contributed by atoms with E-state index >= 15 is 0 Å². The van der Waals surface area contributed by atoms with Crippen LogP contribution in [0.4, 0.5) is 0 Å². The predicted octanol–water partition coefficient (Wildman–Crippen LogP) is 2.63. The zero-order valence-electron chi connectivity index (χ0n) is 13.1. The van der Waals surface area contributed by atoms with Gasteiger partial charge in [0.15, 0.2) is 0 Å². The molecule has 0 aromatic heterocycles. The van der Waals surface area contributed by atoms with Crippen molar-refractivity contribution in [1.82, 2.24) is 10.2 Å². The van der Waals surface area contributed by atoms with Crippen molar-refractivity contribution >= 4 is 5.91 Å². The van der Waals surface area contributed by atoms with E-state index in [0.717, 1.165) is 44.6 Å². The van der Waals surface area contributed by atoms with Crippen molar-refractivity contribution in [3.8, 4) is 0 Å². The Morgan fingerprint density at radius 2 is 1.95 bits per heavy atom. The molecular weight excluding hydrogens is 264 g/mol. The van der Waals surface area contributed by atoms with Gasteiger partial charge in [0.2, 0.25) is 5.91 Å². The maximum Gasteiger partial charge on any atom is 0.238 e. The Labute approximate surface area is 127 Å². The molecule has 2 rings (SSSR count). The second-order valence-corrected chi connectivity index (χ2v) is 5.60. The van der Waals surface area contributed by atoms with Gasteiger partial charge in [-0.2, -0.15) is 0 Å². The summed E-state index contributed by atoms with van der Waals surface area (Å²) in [6, 6.07) is 8.37. The number of hydrogen-bond donors (Lipinski definition) is 1. The third-order valence-electron chi connectivity index (χ3n) is 3.80. The first-order valence-electron chi connectivity index (χ1n) is 7.89. The molecule has 0 bridgehead atoms. The number of rotatable bonds is 8. The molecule has 0 spiro atoms. The first-order valence-corrected chi connectivity index (χ1v) is 7.89. The molecule has 1 fully saturated rings. The summed E-state index contributed by atoms with van der Waals surface area (Å²) < 4.78 is 5.57. The Morgan fingerprint density at radius 3 is 2.67 bits per heavy atom. The predicted molar refractivity (Wildman–Crippen MR) is 84.0 cm³/mol. The van der Waals surface area contributed by atoms with Gasteiger partial charge in [-0.25, -0.2) is 0 Å². The van der Waals surface area contributed by atoms with Crippen LogP contribution >= 0.6 is 0 Å². The minimum absolute atomic E-state index is 0.00809. The highest BCUT2D eigenvalue weighted by Crippen LogP contribution is 2.22. The van der Waals surface area contributed by atoms with Crippen LogP contribution in [0.2, 0.25) is 0 Å². The fraction of sp³-hybridized carbons (Fsp3) is 0.588. The van der Waals surface area contributed by atoms with E-state index < -0.39 is 0 Å². The number of carbonyl (C=O) groups is 1. The molecule has 1 saturated heterocycles. The number of benzene rings is 1. The van der Waals surface area contributed by atoms with E-state index in [9.17, 15) is 4.79 Å². The Bertz CT molecular complexity index is 445. The molecule has 21 heavy (non-hydrogen) atoms. The van der Waals surface area contributed by atoms with Gasteiger partial charge in [0.25, 0.3) is 0 Å². The summed E-state index contributed by atoms with van der Waals surface area (Å²) in [7, 11) is 0. The molecule has 1 aliphatic rings. The molecule has 1 heterocycles. The van der Waals surface area contributed by atoms with Crippen molar-refractivity contribution in [3.05, 3.63) is 35.4 Å². The number of aryl methyl sites for hydroxylation is 1. The molecule has 4 heteroatoms. The van der Waals surface area contributed by atoms with Gasteiger partial charge in [-0.15, -0.1) is 0 Å². The first-order chi connectivity index (χ1) is 10.2. The quantitative estimate of drug-likeness (QED) is 0.748. The Hall–Kier alpha value is -1.39. The smallest absolute Gasteiger partial charge is 0.238 e. The number of amides is 1. The summed E-state index contributed by atoms with van der Waals surface area (Å²) in [5.74, 6) is 0.175. The van der Waals surface area contributed by atoms with Crippen LogP contribution in [0.25, 0.3) is 0 Å². The van der Waals surface area contributed by atoms with Gasteiger partial charge < -0.3 is 9.64 Å². The van der Waals surface area contributed by atoms with Crippen molar-refractivity contribution in [2.75, 3.05) is 26.3 Å². The fourth-order valence-electron chi connectivity index (χ4n) is 2.53. The van der Waals surface area contributed by atoms with E-state index in [-0.39, 0.29) is 12.1 Å². The molecule has 1 unspecified atom stereocenters. The molecular formula is C17H26N2O2. The van der Waals surface area contributed by atoms with Crippen LogP contribution in [0.15, 0.2) is 24.3 Å². The molecule has 116 valence electrons. The SMILES string of the molecule is CCCCOCCCN1C(=O)CNC1c1ccc(C)cc1. The summed E-state index contributed by atoms with van der Waals surface area (Å²) in [5, 5.41) is 3.29. The molecule has 1 N–H and O–H groups in total. The lowest BCUT2D eigenvalue weighted by Gasteiger charge is -2.24. The zero-order valence-corrected chi connectivity index (χ0v) is 13.1.